The molecule has 0 aromatic carbocycles. The molecular weight excluding hydrogens is 306 g/mol. The molecule has 6 heteroatoms. The van der Waals surface area contributed by atoms with Crippen LogP contribution in [-0.2, 0) is 16.1 Å². The first kappa shape index (κ1) is 16.0. The number of pyridine rings is 1. The minimum absolute atomic E-state index is 0.222. The molecule has 4 rings (SSSR count). The SMILES string of the molecule is O=C(O)[C@]12CN(Cc3ccncc3)C[C@H]1CN(C1CCOCC1)C2. The molecule has 2 atom stereocenters. The summed E-state index contributed by atoms with van der Waals surface area (Å²) in [5, 5.41) is 9.99. The van der Waals surface area contributed by atoms with Crippen molar-refractivity contribution < 1.29 is 14.6 Å². The Bertz CT molecular complexity index is 590. The second-order valence-corrected chi connectivity index (χ2v) is 7.46. The van der Waals surface area contributed by atoms with Crippen molar-refractivity contribution in [3.05, 3.63) is 30.1 Å². The molecule has 4 heterocycles. The van der Waals surface area contributed by atoms with Crippen LogP contribution in [0.4, 0.5) is 0 Å². The number of ether oxygens (including phenoxy) is 1. The van der Waals surface area contributed by atoms with E-state index in [1.165, 1.54) is 5.56 Å². The average Bonchev–Trinajstić information content (AvgIpc) is 3.11. The van der Waals surface area contributed by atoms with Gasteiger partial charge < -0.3 is 9.84 Å². The third-order valence-electron chi connectivity index (χ3n) is 5.99. The van der Waals surface area contributed by atoms with Crippen LogP contribution in [0.25, 0.3) is 0 Å². The largest absolute Gasteiger partial charge is 0.481 e. The van der Waals surface area contributed by atoms with Gasteiger partial charge in [0.05, 0.1) is 5.41 Å². The third kappa shape index (κ3) is 2.83. The molecule has 1 aromatic rings. The number of carbonyl (C=O) groups is 1. The highest BCUT2D eigenvalue weighted by Gasteiger charge is 2.58. The van der Waals surface area contributed by atoms with E-state index in [1.54, 1.807) is 12.4 Å². The summed E-state index contributed by atoms with van der Waals surface area (Å²) in [5.74, 6) is -0.404. The number of nitrogens with zero attached hydrogens (tertiary/aromatic N) is 3. The summed E-state index contributed by atoms with van der Waals surface area (Å²) in [5.41, 5.74) is 0.595. The molecule has 6 nitrogen and oxygen atoms in total. The lowest BCUT2D eigenvalue weighted by molar-refractivity contribution is -0.149. The number of rotatable bonds is 4. The van der Waals surface area contributed by atoms with E-state index in [1.807, 2.05) is 12.1 Å². The zero-order valence-corrected chi connectivity index (χ0v) is 13.9. The minimum atomic E-state index is -0.626. The van der Waals surface area contributed by atoms with Gasteiger partial charge in [0.15, 0.2) is 0 Å². The van der Waals surface area contributed by atoms with Crippen LogP contribution in [0.5, 0.6) is 0 Å². The molecular formula is C18H25N3O3. The van der Waals surface area contributed by atoms with Gasteiger partial charge in [-0.2, -0.15) is 0 Å². The van der Waals surface area contributed by atoms with Crippen LogP contribution in [0.1, 0.15) is 18.4 Å². The molecule has 3 aliphatic heterocycles. The molecule has 130 valence electrons. The molecule has 0 saturated carbocycles. The molecule has 0 radical (unpaired) electrons. The lowest BCUT2D eigenvalue weighted by Crippen LogP contribution is -2.44. The maximum absolute atomic E-state index is 12.1. The first-order valence-corrected chi connectivity index (χ1v) is 8.84. The quantitative estimate of drug-likeness (QED) is 0.891. The van der Waals surface area contributed by atoms with Crippen molar-refractivity contribution in [3.63, 3.8) is 0 Å². The molecule has 0 aliphatic carbocycles. The monoisotopic (exact) mass is 331 g/mol. The van der Waals surface area contributed by atoms with E-state index in [0.717, 1.165) is 45.7 Å². The van der Waals surface area contributed by atoms with E-state index in [2.05, 4.69) is 14.8 Å². The summed E-state index contributed by atoms with van der Waals surface area (Å²) in [7, 11) is 0. The zero-order valence-electron chi connectivity index (χ0n) is 13.9. The van der Waals surface area contributed by atoms with Gasteiger partial charge in [0.1, 0.15) is 0 Å². The first-order chi connectivity index (χ1) is 11.7. The van der Waals surface area contributed by atoms with Crippen molar-refractivity contribution in [2.24, 2.45) is 11.3 Å². The number of aliphatic carboxylic acids is 1. The Hall–Kier alpha value is -1.50. The Labute approximate surface area is 142 Å². The Morgan fingerprint density at radius 3 is 2.67 bits per heavy atom. The van der Waals surface area contributed by atoms with Gasteiger partial charge in [-0.05, 0) is 30.5 Å². The third-order valence-corrected chi connectivity index (χ3v) is 5.99. The van der Waals surface area contributed by atoms with E-state index in [0.29, 0.717) is 19.1 Å². The van der Waals surface area contributed by atoms with E-state index in [-0.39, 0.29) is 5.92 Å². The molecule has 3 aliphatic rings. The molecule has 3 fully saturated rings. The normalized spacial score (nSPS) is 32.1. The summed E-state index contributed by atoms with van der Waals surface area (Å²) >= 11 is 0. The van der Waals surface area contributed by atoms with Gasteiger partial charge in [0, 0.05) is 70.3 Å². The summed E-state index contributed by atoms with van der Waals surface area (Å²) in [6.45, 7) is 5.53. The summed E-state index contributed by atoms with van der Waals surface area (Å²) < 4.78 is 5.45. The van der Waals surface area contributed by atoms with E-state index in [9.17, 15) is 9.90 Å². The van der Waals surface area contributed by atoms with Crippen molar-refractivity contribution in [1.29, 1.82) is 0 Å². The second kappa shape index (κ2) is 6.43. The van der Waals surface area contributed by atoms with Crippen LogP contribution >= 0.6 is 0 Å². The summed E-state index contributed by atoms with van der Waals surface area (Å²) in [6, 6.07) is 4.51. The molecule has 24 heavy (non-hydrogen) atoms. The van der Waals surface area contributed by atoms with Crippen LogP contribution in [0.2, 0.25) is 0 Å². The van der Waals surface area contributed by atoms with Gasteiger partial charge >= 0.3 is 5.97 Å². The van der Waals surface area contributed by atoms with Crippen LogP contribution < -0.4 is 0 Å². The van der Waals surface area contributed by atoms with Gasteiger partial charge in [-0.1, -0.05) is 0 Å². The fourth-order valence-electron chi connectivity index (χ4n) is 4.71. The Morgan fingerprint density at radius 1 is 1.25 bits per heavy atom. The molecule has 1 N–H and O–H groups in total. The van der Waals surface area contributed by atoms with Gasteiger partial charge in [-0.3, -0.25) is 19.6 Å². The topological polar surface area (TPSA) is 65.9 Å². The Balaban J connectivity index is 1.46. The number of hydrogen-bond acceptors (Lipinski definition) is 5. The second-order valence-electron chi connectivity index (χ2n) is 7.46. The highest BCUT2D eigenvalue weighted by Crippen LogP contribution is 2.44. The number of hydrogen-bond donors (Lipinski definition) is 1. The maximum Gasteiger partial charge on any atom is 0.312 e. The van der Waals surface area contributed by atoms with Crippen LogP contribution in [0.15, 0.2) is 24.5 Å². The summed E-state index contributed by atoms with van der Waals surface area (Å²) in [6.07, 6.45) is 5.66. The van der Waals surface area contributed by atoms with Crippen LogP contribution in [0, 0.1) is 11.3 Å². The predicted molar refractivity (Wildman–Crippen MR) is 88.5 cm³/mol. The van der Waals surface area contributed by atoms with E-state index in [4.69, 9.17) is 4.74 Å². The molecule has 0 amide bonds. The average molecular weight is 331 g/mol. The number of carboxylic acids is 1. The number of fused-ring (bicyclic) bond motifs is 1. The molecule has 1 aromatic heterocycles. The Morgan fingerprint density at radius 2 is 2.00 bits per heavy atom. The number of aromatic nitrogens is 1. The van der Waals surface area contributed by atoms with Crippen molar-refractivity contribution in [1.82, 2.24) is 14.8 Å². The summed E-state index contributed by atoms with van der Waals surface area (Å²) in [4.78, 5) is 20.9. The van der Waals surface area contributed by atoms with Crippen molar-refractivity contribution in [2.45, 2.75) is 25.4 Å². The van der Waals surface area contributed by atoms with Gasteiger partial charge in [-0.15, -0.1) is 0 Å². The zero-order chi connectivity index (χ0) is 16.6. The Kier molecular flexibility index (Phi) is 4.28. The maximum atomic E-state index is 12.1. The van der Waals surface area contributed by atoms with Crippen molar-refractivity contribution >= 4 is 5.97 Å². The highest BCUT2D eigenvalue weighted by molar-refractivity contribution is 5.77. The van der Waals surface area contributed by atoms with Gasteiger partial charge in [0.25, 0.3) is 0 Å². The fraction of sp³-hybridized carbons (Fsp3) is 0.667. The van der Waals surface area contributed by atoms with Crippen molar-refractivity contribution in [2.75, 3.05) is 39.4 Å². The standard InChI is InChI=1S/C18H25N3O3/c22-17(23)18-12-20(9-14-1-5-19-6-2-14)10-15(18)11-21(13-18)16-3-7-24-8-4-16/h1-2,5-6,15-16H,3-4,7-13H2,(H,22,23)/t15-,18-/m0/s1. The van der Waals surface area contributed by atoms with Gasteiger partial charge in [-0.25, -0.2) is 0 Å². The van der Waals surface area contributed by atoms with E-state index >= 15 is 0 Å². The number of likely N-dealkylation sites (tertiary alicyclic amines) is 2. The fourth-order valence-corrected chi connectivity index (χ4v) is 4.71. The molecule has 0 spiro atoms. The van der Waals surface area contributed by atoms with Crippen molar-refractivity contribution in [3.8, 4) is 0 Å². The minimum Gasteiger partial charge on any atom is -0.481 e. The molecule has 0 unspecified atom stereocenters. The lowest BCUT2D eigenvalue weighted by atomic mass is 9.81. The number of carboxylic acid groups (broad SMARTS) is 1. The molecule has 0 bridgehead atoms. The smallest absolute Gasteiger partial charge is 0.312 e. The first-order valence-electron chi connectivity index (χ1n) is 8.84. The lowest BCUT2D eigenvalue weighted by Gasteiger charge is -2.33. The van der Waals surface area contributed by atoms with E-state index < -0.39 is 11.4 Å². The molecule has 3 saturated heterocycles. The van der Waals surface area contributed by atoms with Gasteiger partial charge in [0.2, 0.25) is 0 Å². The predicted octanol–water partition coefficient (Wildman–Crippen LogP) is 1.08. The van der Waals surface area contributed by atoms with Crippen LogP contribution in [0.3, 0.4) is 0 Å². The highest BCUT2D eigenvalue weighted by atomic mass is 16.5. The van der Waals surface area contributed by atoms with Crippen LogP contribution in [-0.4, -0.2) is 71.3 Å².